The summed E-state index contributed by atoms with van der Waals surface area (Å²) in [6, 6.07) is 18.6. The second-order valence-corrected chi connectivity index (χ2v) is 6.25. The molecule has 0 aliphatic heterocycles. The average molecular weight is 342 g/mol. The second-order valence-electron chi connectivity index (χ2n) is 6.25. The number of hydrogen-bond donors (Lipinski definition) is 1. The minimum Gasteiger partial charge on any atom is -0.466 e. The summed E-state index contributed by atoms with van der Waals surface area (Å²) in [6.45, 7) is 5.83. The van der Waals surface area contributed by atoms with E-state index in [0.29, 0.717) is 5.56 Å². The molecule has 1 N–H and O–H groups in total. The van der Waals surface area contributed by atoms with Crippen LogP contribution in [0.1, 0.15) is 44.4 Å². The van der Waals surface area contributed by atoms with Gasteiger partial charge in [-0.1, -0.05) is 60.7 Å². The number of ether oxygens (including phenoxy) is 2. The highest BCUT2D eigenvalue weighted by Crippen LogP contribution is 2.41. The van der Waals surface area contributed by atoms with Crippen molar-refractivity contribution in [2.45, 2.75) is 45.0 Å². The lowest BCUT2D eigenvalue weighted by Crippen LogP contribution is -2.39. The van der Waals surface area contributed by atoms with Crippen LogP contribution in [0.4, 0.5) is 0 Å². The van der Waals surface area contributed by atoms with E-state index >= 15 is 0 Å². The number of rotatable bonds is 8. The summed E-state index contributed by atoms with van der Waals surface area (Å²) in [4.78, 5) is 12.2. The summed E-state index contributed by atoms with van der Waals surface area (Å²) in [6.07, 6.45) is -1.000. The molecule has 0 unspecified atom stereocenters. The zero-order valence-electron chi connectivity index (χ0n) is 15.0. The maximum atomic E-state index is 12.2. The first kappa shape index (κ1) is 19.2. The molecule has 2 aromatic carbocycles. The predicted octanol–water partition coefficient (Wildman–Crippen LogP) is 3.99. The molecule has 4 heteroatoms. The Morgan fingerprint density at radius 3 is 2.12 bits per heavy atom. The summed E-state index contributed by atoms with van der Waals surface area (Å²) in [5, 5.41) is 11.6. The molecule has 0 saturated heterocycles. The van der Waals surface area contributed by atoms with Gasteiger partial charge in [0, 0.05) is 0 Å². The molecule has 0 saturated carbocycles. The van der Waals surface area contributed by atoms with Gasteiger partial charge in [0.15, 0.2) is 0 Å². The van der Waals surface area contributed by atoms with Crippen molar-refractivity contribution in [2.24, 2.45) is 0 Å². The van der Waals surface area contributed by atoms with Gasteiger partial charge in [0.05, 0.1) is 19.1 Å². The van der Waals surface area contributed by atoms with Crippen LogP contribution < -0.4 is 0 Å². The standard InChI is InChI=1S/C21H26O4/c1-4-24-19(22)15-21(23,18-13-9-6-10-14-18)20(25-16(2)3)17-11-7-5-8-12-17/h5-14,16,20,23H,4,15H2,1-3H3/t20-,21+/m0/s1. The molecule has 4 nitrogen and oxygen atoms in total. The Morgan fingerprint density at radius 2 is 1.60 bits per heavy atom. The van der Waals surface area contributed by atoms with Gasteiger partial charge in [-0.05, 0) is 31.9 Å². The Bertz CT molecular complexity index is 654. The number of carbonyl (C=O) groups is 1. The lowest BCUT2D eigenvalue weighted by molar-refractivity contribution is -0.168. The fourth-order valence-corrected chi connectivity index (χ4v) is 2.87. The summed E-state index contributed by atoms with van der Waals surface area (Å²) >= 11 is 0. The van der Waals surface area contributed by atoms with E-state index in [9.17, 15) is 9.90 Å². The molecular weight excluding hydrogens is 316 g/mol. The van der Waals surface area contributed by atoms with Gasteiger partial charge in [-0.15, -0.1) is 0 Å². The van der Waals surface area contributed by atoms with E-state index in [1.54, 1.807) is 19.1 Å². The first-order valence-electron chi connectivity index (χ1n) is 8.61. The highest BCUT2D eigenvalue weighted by Gasteiger charge is 2.43. The molecule has 2 atom stereocenters. The van der Waals surface area contributed by atoms with Gasteiger partial charge in [0.1, 0.15) is 11.7 Å². The third-order valence-corrected chi connectivity index (χ3v) is 3.94. The highest BCUT2D eigenvalue weighted by molar-refractivity contribution is 5.71. The Morgan fingerprint density at radius 1 is 1.04 bits per heavy atom. The van der Waals surface area contributed by atoms with Crippen molar-refractivity contribution in [3.05, 3.63) is 71.8 Å². The van der Waals surface area contributed by atoms with Crippen LogP contribution in [0.3, 0.4) is 0 Å². The van der Waals surface area contributed by atoms with Gasteiger partial charge >= 0.3 is 5.97 Å². The summed E-state index contributed by atoms with van der Waals surface area (Å²) in [5.74, 6) is -0.456. The van der Waals surface area contributed by atoms with E-state index < -0.39 is 17.7 Å². The summed E-state index contributed by atoms with van der Waals surface area (Å²) in [5.41, 5.74) is -0.0940. The van der Waals surface area contributed by atoms with E-state index in [0.717, 1.165) is 5.56 Å². The van der Waals surface area contributed by atoms with Gasteiger partial charge in [0.2, 0.25) is 0 Å². The molecule has 0 aliphatic carbocycles. The van der Waals surface area contributed by atoms with E-state index in [1.807, 2.05) is 62.4 Å². The van der Waals surface area contributed by atoms with Gasteiger partial charge in [0.25, 0.3) is 0 Å². The van der Waals surface area contributed by atoms with Crippen molar-refractivity contribution in [1.29, 1.82) is 0 Å². The van der Waals surface area contributed by atoms with Crippen molar-refractivity contribution in [3.63, 3.8) is 0 Å². The molecule has 0 heterocycles. The van der Waals surface area contributed by atoms with Gasteiger partial charge in [-0.2, -0.15) is 0 Å². The minimum atomic E-state index is -1.53. The molecule has 0 radical (unpaired) electrons. The van der Waals surface area contributed by atoms with Crippen LogP contribution in [0, 0.1) is 0 Å². The number of esters is 1. The molecule has 134 valence electrons. The predicted molar refractivity (Wildman–Crippen MR) is 97.0 cm³/mol. The molecule has 0 amide bonds. The number of aliphatic hydroxyl groups is 1. The van der Waals surface area contributed by atoms with Crippen LogP contribution in [-0.2, 0) is 19.9 Å². The summed E-state index contributed by atoms with van der Waals surface area (Å²) < 4.78 is 11.2. The molecule has 0 aromatic heterocycles. The number of carbonyl (C=O) groups excluding carboxylic acids is 1. The summed E-state index contributed by atoms with van der Waals surface area (Å²) in [7, 11) is 0. The Balaban J connectivity index is 2.51. The zero-order valence-corrected chi connectivity index (χ0v) is 15.0. The highest BCUT2D eigenvalue weighted by atomic mass is 16.5. The van der Waals surface area contributed by atoms with E-state index in [4.69, 9.17) is 9.47 Å². The van der Waals surface area contributed by atoms with Crippen LogP contribution in [-0.4, -0.2) is 23.8 Å². The monoisotopic (exact) mass is 342 g/mol. The number of benzene rings is 2. The van der Waals surface area contributed by atoms with Crippen LogP contribution in [0.25, 0.3) is 0 Å². The quantitative estimate of drug-likeness (QED) is 0.737. The zero-order chi connectivity index (χ0) is 18.3. The van der Waals surface area contributed by atoms with Crippen molar-refractivity contribution < 1.29 is 19.4 Å². The molecule has 0 aliphatic rings. The lowest BCUT2D eigenvalue weighted by Gasteiger charge is -2.37. The van der Waals surface area contributed by atoms with Crippen LogP contribution in [0.5, 0.6) is 0 Å². The molecule has 2 rings (SSSR count). The van der Waals surface area contributed by atoms with Crippen LogP contribution in [0.2, 0.25) is 0 Å². The fraction of sp³-hybridized carbons (Fsp3) is 0.381. The second kappa shape index (κ2) is 8.79. The van der Waals surface area contributed by atoms with E-state index in [-0.39, 0.29) is 19.1 Å². The minimum absolute atomic E-state index is 0.123. The van der Waals surface area contributed by atoms with Gasteiger partial charge in [-0.3, -0.25) is 4.79 Å². The Hall–Kier alpha value is -2.17. The maximum absolute atomic E-state index is 12.2. The van der Waals surface area contributed by atoms with Gasteiger partial charge in [-0.25, -0.2) is 0 Å². The third-order valence-electron chi connectivity index (χ3n) is 3.94. The molecule has 0 fully saturated rings. The van der Waals surface area contributed by atoms with Crippen molar-refractivity contribution >= 4 is 5.97 Å². The fourth-order valence-electron chi connectivity index (χ4n) is 2.87. The smallest absolute Gasteiger partial charge is 0.309 e. The van der Waals surface area contributed by atoms with Crippen LogP contribution in [0.15, 0.2) is 60.7 Å². The Labute approximate surface area is 149 Å². The molecule has 2 aromatic rings. The van der Waals surface area contributed by atoms with E-state index in [1.165, 1.54) is 0 Å². The van der Waals surface area contributed by atoms with Gasteiger partial charge < -0.3 is 14.6 Å². The first-order chi connectivity index (χ1) is 12.0. The van der Waals surface area contributed by atoms with Crippen LogP contribution >= 0.6 is 0 Å². The number of hydrogen-bond acceptors (Lipinski definition) is 4. The normalized spacial score (nSPS) is 14.8. The van der Waals surface area contributed by atoms with Crippen molar-refractivity contribution in [1.82, 2.24) is 0 Å². The van der Waals surface area contributed by atoms with Crippen molar-refractivity contribution in [2.75, 3.05) is 6.61 Å². The van der Waals surface area contributed by atoms with E-state index in [2.05, 4.69) is 0 Å². The largest absolute Gasteiger partial charge is 0.466 e. The molecule has 0 bridgehead atoms. The maximum Gasteiger partial charge on any atom is 0.309 e. The molecular formula is C21H26O4. The Kier molecular flexibility index (Phi) is 6.73. The third kappa shape index (κ3) is 4.91. The SMILES string of the molecule is CCOC(=O)C[C@@](O)(c1ccccc1)[C@@H](OC(C)C)c1ccccc1. The lowest BCUT2D eigenvalue weighted by atomic mass is 9.81. The topological polar surface area (TPSA) is 55.8 Å². The van der Waals surface area contributed by atoms with Crippen molar-refractivity contribution in [3.8, 4) is 0 Å². The molecule has 0 spiro atoms. The average Bonchev–Trinajstić information content (AvgIpc) is 2.61. The first-order valence-corrected chi connectivity index (χ1v) is 8.61. The molecule has 25 heavy (non-hydrogen) atoms.